The number of phenolic OH excluding ortho intramolecular Hbond substituents is 1. The molecule has 2 rings (SSSR count). The Labute approximate surface area is 102 Å². The summed E-state index contributed by atoms with van der Waals surface area (Å²) in [6.45, 7) is 8.37. The summed E-state index contributed by atoms with van der Waals surface area (Å²) in [7, 11) is 0. The van der Waals surface area contributed by atoms with Crippen LogP contribution in [0, 0.1) is 6.92 Å². The molecule has 3 heteroatoms. The molecule has 2 aromatic rings. The summed E-state index contributed by atoms with van der Waals surface area (Å²) in [5, 5.41) is 14.3. The monoisotopic (exact) mass is 230 g/mol. The summed E-state index contributed by atoms with van der Waals surface area (Å²) >= 11 is 0. The van der Waals surface area contributed by atoms with Gasteiger partial charge in [-0.3, -0.25) is 4.68 Å². The van der Waals surface area contributed by atoms with Gasteiger partial charge in [-0.15, -0.1) is 0 Å². The Kier molecular flexibility index (Phi) is 2.69. The number of benzene rings is 1. The van der Waals surface area contributed by atoms with Crippen molar-refractivity contribution in [1.29, 1.82) is 0 Å². The summed E-state index contributed by atoms with van der Waals surface area (Å²) in [4.78, 5) is 0. The van der Waals surface area contributed by atoms with E-state index < -0.39 is 0 Å². The maximum Gasteiger partial charge on any atom is 0.123 e. The van der Waals surface area contributed by atoms with Crippen LogP contribution in [0.1, 0.15) is 26.5 Å². The van der Waals surface area contributed by atoms with E-state index in [0.29, 0.717) is 5.75 Å². The largest absolute Gasteiger partial charge is 0.507 e. The van der Waals surface area contributed by atoms with Crippen molar-refractivity contribution < 1.29 is 5.11 Å². The smallest absolute Gasteiger partial charge is 0.123 e. The van der Waals surface area contributed by atoms with E-state index >= 15 is 0 Å². The molecule has 0 unspecified atom stereocenters. The van der Waals surface area contributed by atoms with Crippen molar-refractivity contribution in [2.75, 3.05) is 0 Å². The third-order valence-corrected chi connectivity index (χ3v) is 2.84. The zero-order valence-corrected chi connectivity index (χ0v) is 10.7. The van der Waals surface area contributed by atoms with Crippen LogP contribution in [-0.2, 0) is 5.54 Å². The van der Waals surface area contributed by atoms with Gasteiger partial charge in [-0.25, -0.2) is 0 Å². The van der Waals surface area contributed by atoms with Gasteiger partial charge in [-0.2, -0.15) is 5.10 Å². The zero-order chi connectivity index (χ0) is 12.6. The zero-order valence-electron chi connectivity index (χ0n) is 10.7. The molecule has 1 N–H and O–H groups in total. The van der Waals surface area contributed by atoms with Gasteiger partial charge in [0.1, 0.15) is 5.75 Å². The molecule has 0 aliphatic carbocycles. The van der Waals surface area contributed by atoms with Gasteiger partial charge in [-0.05, 0) is 33.8 Å². The summed E-state index contributed by atoms with van der Waals surface area (Å²) in [5.74, 6) is 0.295. The van der Waals surface area contributed by atoms with E-state index in [9.17, 15) is 5.11 Å². The minimum Gasteiger partial charge on any atom is -0.507 e. The normalized spacial score (nSPS) is 11.8. The van der Waals surface area contributed by atoms with E-state index in [1.165, 1.54) is 0 Å². The maximum atomic E-state index is 9.86. The first kappa shape index (κ1) is 11.7. The standard InChI is InChI=1S/C14H18N2O/c1-10-12(9-15-16(10)14(2,3)4)11-7-5-6-8-13(11)17/h5-9,17H,1-4H3. The minimum atomic E-state index is -0.0489. The quantitative estimate of drug-likeness (QED) is 0.816. The van der Waals surface area contributed by atoms with Crippen molar-refractivity contribution in [3.8, 4) is 16.9 Å². The Hall–Kier alpha value is -1.77. The van der Waals surface area contributed by atoms with E-state index in [2.05, 4.69) is 25.9 Å². The number of hydrogen-bond acceptors (Lipinski definition) is 2. The number of hydrogen-bond donors (Lipinski definition) is 1. The minimum absolute atomic E-state index is 0.0489. The molecule has 0 saturated carbocycles. The molecule has 0 amide bonds. The third-order valence-electron chi connectivity index (χ3n) is 2.84. The molecule has 0 aliphatic rings. The molecule has 0 atom stereocenters. The van der Waals surface area contributed by atoms with Crippen molar-refractivity contribution >= 4 is 0 Å². The lowest BCUT2D eigenvalue weighted by Crippen LogP contribution is -2.24. The summed E-state index contributed by atoms with van der Waals surface area (Å²) in [6, 6.07) is 7.35. The highest BCUT2D eigenvalue weighted by Gasteiger charge is 2.19. The molecule has 0 saturated heterocycles. The van der Waals surface area contributed by atoms with Crippen LogP contribution >= 0.6 is 0 Å². The number of nitrogens with zero attached hydrogens (tertiary/aromatic N) is 2. The Morgan fingerprint density at radius 2 is 1.76 bits per heavy atom. The van der Waals surface area contributed by atoms with Crippen LogP contribution in [0.15, 0.2) is 30.5 Å². The molecule has 0 spiro atoms. The molecule has 3 nitrogen and oxygen atoms in total. The van der Waals surface area contributed by atoms with Gasteiger partial charge < -0.3 is 5.11 Å². The lowest BCUT2D eigenvalue weighted by molar-refractivity contribution is 0.348. The third kappa shape index (κ3) is 2.05. The van der Waals surface area contributed by atoms with Gasteiger partial charge in [0.15, 0.2) is 0 Å². The number of para-hydroxylation sites is 1. The first-order valence-corrected chi connectivity index (χ1v) is 5.75. The fourth-order valence-corrected chi connectivity index (χ4v) is 2.05. The van der Waals surface area contributed by atoms with Gasteiger partial charge in [0.05, 0.1) is 11.7 Å². The highest BCUT2D eigenvalue weighted by atomic mass is 16.3. The molecule has 0 radical (unpaired) electrons. The highest BCUT2D eigenvalue weighted by Crippen LogP contribution is 2.32. The number of aromatic nitrogens is 2. The number of rotatable bonds is 1. The van der Waals surface area contributed by atoms with Crippen LogP contribution in [-0.4, -0.2) is 14.9 Å². The Bertz CT molecular complexity index is 535. The van der Waals surface area contributed by atoms with E-state index in [0.717, 1.165) is 16.8 Å². The number of phenols is 1. The van der Waals surface area contributed by atoms with Gasteiger partial charge in [-0.1, -0.05) is 18.2 Å². The number of aromatic hydroxyl groups is 1. The van der Waals surface area contributed by atoms with E-state index in [1.54, 1.807) is 6.07 Å². The van der Waals surface area contributed by atoms with Crippen LogP contribution in [0.25, 0.3) is 11.1 Å². The van der Waals surface area contributed by atoms with Crippen LogP contribution < -0.4 is 0 Å². The summed E-state index contributed by atoms with van der Waals surface area (Å²) in [5.41, 5.74) is 2.84. The molecule has 17 heavy (non-hydrogen) atoms. The molecule has 1 heterocycles. The second-order valence-corrected chi connectivity index (χ2v) is 5.24. The maximum absolute atomic E-state index is 9.86. The molecule has 0 aliphatic heterocycles. The highest BCUT2D eigenvalue weighted by molar-refractivity contribution is 5.71. The van der Waals surface area contributed by atoms with Crippen LogP contribution in [0.2, 0.25) is 0 Å². The second kappa shape index (κ2) is 3.91. The van der Waals surface area contributed by atoms with E-state index in [1.807, 2.05) is 36.0 Å². The van der Waals surface area contributed by atoms with Crippen molar-refractivity contribution in [2.45, 2.75) is 33.2 Å². The van der Waals surface area contributed by atoms with Crippen molar-refractivity contribution in [3.63, 3.8) is 0 Å². The lowest BCUT2D eigenvalue weighted by Gasteiger charge is -2.21. The van der Waals surface area contributed by atoms with Crippen molar-refractivity contribution in [1.82, 2.24) is 9.78 Å². The predicted molar refractivity (Wildman–Crippen MR) is 69.1 cm³/mol. The molecule has 90 valence electrons. The van der Waals surface area contributed by atoms with Crippen LogP contribution in [0.5, 0.6) is 5.75 Å². The first-order chi connectivity index (χ1) is 7.91. The van der Waals surface area contributed by atoms with Crippen LogP contribution in [0.3, 0.4) is 0 Å². The fourth-order valence-electron chi connectivity index (χ4n) is 2.05. The average molecular weight is 230 g/mol. The lowest BCUT2D eigenvalue weighted by atomic mass is 10.0. The molecular formula is C14H18N2O. The van der Waals surface area contributed by atoms with Crippen LogP contribution in [0.4, 0.5) is 0 Å². The van der Waals surface area contributed by atoms with Crippen molar-refractivity contribution in [2.24, 2.45) is 0 Å². The van der Waals surface area contributed by atoms with Gasteiger partial charge in [0.25, 0.3) is 0 Å². The van der Waals surface area contributed by atoms with Gasteiger partial charge in [0, 0.05) is 16.8 Å². The first-order valence-electron chi connectivity index (χ1n) is 5.75. The Balaban J connectivity index is 2.56. The van der Waals surface area contributed by atoms with E-state index in [4.69, 9.17) is 0 Å². The fraction of sp³-hybridized carbons (Fsp3) is 0.357. The van der Waals surface area contributed by atoms with Gasteiger partial charge in [0.2, 0.25) is 0 Å². The summed E-state index contributed by atoms with van der Waals surface area (Å²) < 4.78 is 1.98. The van der Waals surface area contributed by atoms with Gasteiger partial charge >= 0.3 is 0 Å². The van der Waals surface area contributed by atoms with E-state index in [-0.39, 0.29) is 5.54 Å². The predicted octanol–water partition coefficient (Wildman–Crippen LogP) is 3.32. The molecule has 0 fully saturated rings. The average Bonchev–Trinajstić information content (AvgIpc) is 2.60. The summed E-state index contributed by atoms with van der Waals surface area (Å²) in [6.07, 6.45) is 1.82. The molecule has 0 bridgehead atoms. The molecular weight excluding hydrogens is 212 g/mol. The van der Waals surface area contributed by atoms with Crippen molar-refractivity contribution in [3.05, 3.63) is 36.2 Å². The molecule has 1 aromatic heterocycles. The Morgan fingerprint density at radius 1 is 1.12 bits per heavy atom. The topological polar surface area (TPSA) is 38.1 Å². The second-order valence-electron chi connectivity index (χ2n) is 5.24. The Morgan fingerprint density at radius 3 is 2.29 bits per heavy atom. The SMILES string of the molecule is Cc1c(-c2ccccc2O)cnn1C(C)(C)C. The molecule has 1 aromatic carbocycles.